The lowest BCUT2D eigenvalue weighted by atomic mass is 9.81. The Balaban J connectivity index is 1.64. The summed E-state index contributed by atoms with van der Waals surface area (Å²) in [5.74, 6) is 2.66. The van der Waals surface area contributed by atoms with E-state index >= 15 is 0 Å². The van der Waals surface area contributed by atoms with Crippen LogP contribution in [0.25, 0.3) is 0 Å². The van der Waals surface area contributed by atoms with E-state index in [0.29, 0.717) is 11.8 Å². The minimum Gasteiger partial charge on any atom is -0.435 e. The van der Waals surface area contributed by atoms with Crippen LogP contribution in [0.15, 0.2) is 0 Å². The van der Waals surface area contributed by atoms with Gasteiger partial charge in [0.2, 0.25) is 6.29 Å². The third-order valence-electron chi connectivity index (χ3n) is 4.77. The zero-order valence-corrected chi connectivity index (χ0v) is 12.3. The fourth-order valence-corrected chi connectivity index (χ4v) is 4.06. The fourth-order valence-electron chi connectivity index (χ4n) is 3.91. The quantitative estimate of drug-likeness (QED) is 0.446. The SMILES string of the molecule is CCC(I)C(=O)OC1OCC2C3CC[C@H](C3)C12. The van der Waals surface area contributed by atoms with Crippen molar-refractivity contribution in [2.75, 3.05) is 6.61 Å². The first-order valence-electron chi connectivity index (χ1n) is 6.67. The zero-order chi connectivity index (χ0) is 12.0. The fraction of sp³-hybridized carbons (Fsp3) is 0.923. The first kappa shape index (κ1) is 12.2. The molecule has 0 aromatic carbocycles. The van der Waals surface area contributed by atoms with Gasteiger partial charge in [-0.3, -0.25) is 4.79 Å². The minimum atomic E-state index is -0.244. The highest BCUT2D eigenvalue weighted by atomic mass is 127. The van der Waals surface area contributed by atoms with Crippen LogP contribution in [0.1, 0.15) is 32.6 Å². The number of carbonyl (C=O) groups excluding carboxylic acids is 1. The molecule has 4 heteroatoms. The summed E-state index contributed by atoms with van der Waals surface area (Å²) >= 11 is 2.15. The lowest BCUT2D eigenvalue weighted by molar-refractivity contribution is -0.177. The van der Waals surface area contributed by atoms with Crippen LogP contribution in [-0.2, 0) is 14.3 Å². The molecule has 1 aliphatic heterocycles. The molecule has 0 spiro atoms. The van der Waals surface area contributed by atoms with E-state index in [1.807, 2.05) is 6.92 Å². The molecule has 3 rings (SSSR count). The van der Waals surface area contributed by atoms with Crippen LogP contribution >= 0.6 is 22.6 Å². The number of halogens is 1. The largest absolute Gasteiger partial charge is 0.435 e. The molecule has 2 aliphatic carbocycles. The van der Waals surface area contributed by atoms with E-state index < -0.39 is 0 Å². The third kappa shape index (κ3) is 2.01. The predicted octanol–water partition coefficient (Wildman–Crippen LogP) is 2.76. The van der Waals surface area contributed by atoms with Gasteiger partial charge in [-0.05, 0) is 43.4 Å². The Hall–Kier alpha value is 0.160. The van der Waals surface area contributed by atoms with E-state index in [9.17, 15) is 4.79 Å². The van der Waals surface area contributed by atoms with E-state index in [1.54, 1.807) is 0 Å². The van der Waals surface area contributed by atoms with Crippen molar-refractivity contribution < 1.29 is 14.3 Å². The van der Waals surface area contributed by atoms with Gasteiger partial charge < -0.3 is 9.47 Å². The number of carbonyl (C=O) groups is 1. The molecule has 3 fully saturated rings. The van der Waals surface area contributed by atoms with Crippen molar-refractivity contribution in [1.82, 2.24) is 0 Å². The Kier molecular flexibility index (Phi) is 3.36. The molecule has 0 aromatic heterocycles. The predicted molar refractivity (Wildman–Crippen MR) is 71.7 cm³/mol. The minimum absolute atomic E-state index is 0.0335. The average Bonchev–Trinajstić information content (AvgIpc) is 3.00. The standard InChI is InChI=1S/C13H19IO3/c1-2-10(14)12(15)17-13-11-8-4-3-7(5-8)9(11)6-16-13/h7-11,13H,2-6H2,1H3/t7?,8-,9?,10?,11?,13?/m1/s1. The van der Waals surface area contributed by atoms with Gasteiger partial charge in [-0.15, -0.1) is 0 Å². The second-order valence-corrected chi connectivity index (χ2v) is 7.09. The number of esters is 1. The summed E-state index contributed by atoms with van der Waals surface area (Å²) in [7, 11) is 0. The normalized spacial score (nSPS) is 44.7. The molecule has 2 bridgehead atoms. The molecule has 6 atom stereocenters. The molecule has 17 heavy (non-hydrogen) atoms. The molecule has 96 valence electrons. The molecular formula is C13H19IO3. The molecule has 5 unspecified atom stereocenters. The summed E-state index contributed by atoms with van der Waals surface area (Å²) in [5.41, 5.74) is 0. The maximum atomic E-state index is 11.8. The van der Waals surface area contributed by atoms with Gasteiger partial charge in [0, 0.05) is 5.92 Å². The molecule has 0 N–H and O–H groups in total. The van der Waals surface area contributed by atoms with Crippen molar-refractivity contribution >= 4 is 28.6 Å². The maximum Gasteiger partial charge on any atom is 0.321 e. The molecule has 3 nitrogen and oxygen atoms in total. The van der Waals surface area contributed by atoms with Crippen LogP contribution in [-0.4, -0.2) is 22.8 Å². The van der Waals surface area contributed by atoms with E-state index in [0.717, 1.165) is 24.9 Å². The Morgan fingerprint density at radius 2 is 2.24 bits per heavy atom. The molecule has 2 saturated carbocycles. The van der Waals surface area contributed by atoms with Crippen LogP contribution in [0.3, 0.4) is 0 Å². The van der Waals surface area contributed by atoms with Gasteiger partial charge in [0.05, 0.1) is 6.61 Å². The topological polar surface area (TPSA) is 35.5 Å². The second kappa shape index (κ2) is 4.68. The summed E-state index contributed by atoms with van der Waals surface area (Å²) in [6, 6.07) is 0. The van der Waals surface area contributed by atoms with Gasteiger partial charge in [0.15, 0.2) is 0 Å². The number of alkyl halides is 1. The monoisotopic (exact) mass is 350 g/mol. The van der Waals surface area contributed by atoms with Gasteiger partial charge in [-0.25, -0.2) is 0 Å². The molecule has 0 aromatic rings. The third-order valence-corrected chi connectivity index (χ3v) is 6.16. The second-order valence-electron chi connectivity index (χ2n) is 5.59. The van der Waals surface area contributed by atoms with Crippen molar-refractivity contribution in [2.24, 2.45) is 23.7 Å². The van der Waals surface area contributed by atoms with Crippen molar-refractivity contribution in [2.45, 2.75) is 42.8 Å². The summed E-state index contributed by atoms with van der Waals surface area (Å²) in [4.78, 5) is 11.8. The molecule has 1 heterocycles. The number of rotatable bonds is 3. The Labute approximate surface area is 116 Å². The number of fused-ring (bicyclic) bond motifs is 5. The van der Waals surface area contributed by atoms with E-state index in [2.05, 4.69) is 22.6 Å². The molecule has 0 radical (unpaired) electrons. The summed E-state index contributed by atoms with van der Waals surface area (Å²) in [6.45, 7) is 2.82. The van der Waals surface area contributed by atoms with E-state index in [-0.39, 0.29) is 16.2 Å². The highest BCUT2D eigenvalue weighted by Crippen LogP contribution is 2.56. The van der Waals surface area contributed by atoms with Crippen LogP contribution < -0.4 is 0 Å². The van der Waals surface area contributed by atoms with Gasteiger partial charge in [0.1, 0.15) is 3.92 Å². The van der Waals surface area contributed by atoms with E-state index in [1.165, 1.54) is 19.3 Å². The lowest BCUT2D eigenvalue weighted by Gasteiger charge is -2.26. The smallest absolute Gasteiger partial charge is 0.321 e. The van der Waals surface area contributed by atoms with Crippen molar-refractivity contribution in [3.8, 4) is 0 Å². The highest BCUT2D eigenvalue weighted by molar-refractivity contribution is 14.1. The van der Waals surface area contributed by atoms with Crippen molar-refractivity contribution in [3.05, 3.63) is 0 Å². The summed E-state index contributed by atoms with van der Waals surface area (Å²) in [5, 5.41) is 0. The molecule has 3 aliphatic rings. The summed E-state index contributed by atoms with van der Waals surface area (Å²) < 4.78 is 11.2. The van der Waals surface area contributed by atoms with Gasteiger partial charge in [-0.2, -0.15) is 0 Å². The lowest BCUT2D eigenvalue weighted by Crippen LogP contribution is -2.32. The Morgan fingerprint density at radius 3 is 3.00 bits per heavy atom. The Bertz CT molecular complexity index is 320. The number of hydrogen-bond acceptors (Lipinski definition) is 3. The average molecular weight is 350 g/mol. The maximum absolute atomic E-state index is 11.8. The number of ether oxygens (including phenoxy) is 2. The first-order chi connectivity index (χ1) is 8.20. The van der Waals surface area contributed by atoms with Crippen LogP contribution in [0.2, 0.25) is 0 Å². The van der Waals surface area contributed by atoms with Gasteiger partial charge >= 0.3 is 5.97 Å². The van der Waals surface area contributed by atoms with Crippen LogP contribution in [0.5, 0.6) is 0 Å². The van der Waals surface area contributed by atoms with Gasteiger partial charge in [0.25, 0.3) is 0 Å². The van der Waals surface area contributed by atoms with Crippen molar-refractivity contribution in [3.63, 3.8) is 0 Å². The molecule has 0 amide bonds. The molecule has 1 saturated heterocycles. The zero-order valence-electron chi connectivity index (χ0n) is 10.1. The first-order valence-corrected chi connectivity index (χ1v) is 7.91. The van der Waals surface area contributed by atoms with Crippen LogP contribution in [0.4, 0.5) is 0 Å². The highest BCUT2D eigenvalue weighted by Gasteiger charge is 2.55. The molecular weight excluding hydrogens is 331 g/mol. The van der Waals surface area contributed by atoms with E-state index in [4.69, 9.17) is 9.47 Å². The van der Waals surface area contributed by atoms with Crippen LogP contribution in [0, 0.1) is 23.7 Å². The number of hydrogen-bond donors (Lipinski definition) is 0. The van der Waals surface area contributed by atoms with Crippen molar-refractivity contribution in [1.29, 1.82) is 0 Å². The Morgan fingerprint density at radius 1 is 1.47 bits per heavy atom. The summed E-state index contributed by atoms with van der Waals surface area (Å²) in [6.07, 6.45) is 4.59. The van der Waals surface area contributed by atoms with Gasteiger partial charge in [-0.1, -0.05) is 29.5 Å².